The lowest BCUT2D eigenvalue weighted by Gasteiger charge is -2.20. The lowest BCUT2D eigenvalue weighted by molar-refractivity contribution is 0.0748. The highest BCUT2D eigenvalue weighted by atomic mass is 35.5. The van der Waals surface area contributed by atoms with Crippen molar-refractivity contribution in [3.63, 3.8) is 0 Å². The lowest BCUT2D eigenvalue weighted by Crippen LogP contribution is -2.33. The number of nitrogens with zero attached hydrogens (tertiary/aromatic N) is 3. The molecule has 0 fully saturated rings. The van der Waals surface area contributed by atoms with Gasteiger partial charge in [0, 0.05) is 18.1 Å². The predicted octanol–water partition coefficient (Wildman–Crippen LogP) is 4.14. The Morgan fingerprint density at radius 1 is 1.16 bits per heavy atom. The summed E-state index contributed by atoms with van der Waals surface area (Å²) in [6, 6.07) is 8.65. The molecule has 1 heterocycles. The van der Waals surface area contributed by atoms with Crippen LogP contribution in [0.4, 0.5) is 11.5 Å². The number of hydrogen-bond donors (Lipinski definition) is 1. The van der Waals surface area contributed by atoms with Gasteiger partial charge in [0.1, 0.15) is 5.75 Å². The summed E-state index contributed by atoms with van der Waals surface area (Å²) < 4.78 is 5.29. The molecular formula is C18H23ClN4O2. The first-order valence-electron chi connectivity index (χ1n) is 8.32. The summed E-state index contributed by atoms with van der Waals surface area (Å²) in [7, 11) is 1.58. The summed E-state index contributed by atoms with van der Waals surface area (Å²) in [5, 5.41) is 11.8. The molecule has 1 amide bonds. The predicted molar refractivity (Wildman–Crippen MR) is 99.8 cm³/mol. The van der Waals surface area contributed by atoms with Gasteiger partial charge >= 0.3 is 0 Å². The first kappa shape index (κ1) is 19.0. The SMILES string of the molecule is CCCN(CCC)C(=O)c1ccc(Nc2cc(Cl)ccc2OC)nn1. The van der Waals surface area contributed by atoms with Crippen molar-refractivity contribution in [1.82, 2.24) is 15.1 Å². The summed E-state index contributed by atoms with van der Waals surface area (Å²) in [6.45, 7) is 5.53. The van der Waals surface area contributed by atoms with Crippen LogP contribution in [0.1, 0.15) is 37.2 Å². The van der Waals surface area contributed by atoms with Gasteiger partial charge in [0.2, 0.25) is 0 Å². The van der Waals surface area contributed by atoms with Crippen LogP contribution >= 0.6 is 11.6 Å². The summed E-state index contributed by atoms with van der Waals surface area (Å²) in [5.41, 5.74) is 1.02. The van der Waals surface area contributed by atoms with Gasteiger partial charge in [-0.3, -0.25) is 4.79 Å². The number of anilines is 2. The third-order valence-corrected chi connectivity index (χ3v) is 3.82. The molecule has 1 N–H and O–H groups in total. The molecule has 0 aliphatic rings. The zero-order valence-electron chi connectivity index (χ0n) is 14.8. The number of nitrogens with one attached hydrogen (secondary N) is 1. The van der Waals surface area contributed by atoms with Crippen LogP contribution in [0.15, 0.2) is 30.3 Å². The lowest BCUT2D eigenvalue weighted by atomic mass is 10.2. The maximum absolute atomic E-state index is 12.5. The van der Waals surface area contributed by atoms with Crippen molar-refractivity contribution in [2.75, 3.05) is 25.5 Å². The number of benzene rings is 1. The van der Waals surface area contributed by atoms with E-state index in [1.807, 2.05) is 13.8 Å². The fraction of sp³-hybridized carbons (Fsp3) is 0.389. The molecule has 2 rings (SSSR count). The van der Waals surface area contributed by atoms with Crippen LogP contribution in [0.3, 0.4) is 0 Å². The van der Waals surface area contributed by atoms with Gasteiger partial charge in [-0.05, 0) is 43.2 Å². The molecular weight excluding hydrogens is 340 g/mol. The van der Waals surface area contributed by atoms with Crippen LogP contribution in [-0.4, -0.2) is 41.2 Å². The van der Waals surface area contributed by atoms with Crippen molar-refractivity contribution in [2.24, 2.45) is 0 Å². The number of aromatic nitrogens is 2. The zero-order chi connectivity index (χ0) is 18.2. The number of methoxy groups -OCH3 is 1. The molecule has 0 radical (unpaired) electrons. The second-order valence-electron chi connectivity index (χ2n) is 5.57. The van der Waals surface area contributed by atoms with Crippen molar-refractivity contribution in [3.8, 4) is 5.75 Å². The summed E-state index contributed by atoms with van der Waals surface area (Å²) in [5.74, 6) is 1.06. The van der Waals surface area contributed by atoms with Gasteiger partial charge in [-0.15, -0.1) is 10.2 Å². The second-order valence-corrected chi connectivity index (χ2v) is 6.00. The molecule has 0 saturated heterocycles. The van der Waals surface area contributed by atoms with Gasteiger partial charge in [0.05, 0.1) is 12.8 Å². The summed E-state index contributed by atoms with van der Waals surface area (Å²) in [4.78, 5) is 14.3. The van der Waals surface area contributed by atoms with Crippen molar-refractivity contribution in [3.05, 3.63) is 41.0 Å². The molecule has 0 aliphatic heterocycles. The van der Waals surface area contributed by atoms with Crippen molar-refractivity contribution in [2.45, 2.75) is 26.7 Å². The minimum Gasteiger partial charge on any atom is -0.495 e. The van der Waals surface area contributed by atoms with Crippen molar-refractivity contribution >= 4 is 29.0 Å². The van der Waals surface area contributed by atoms with E-state index in [9.17, 15) is 4.79 Å². The van der Waals surface area contributed by atoms with Crippen LogP contribution in [-0.2, 0) is 0 Å². The average molecular weight is 363 g/mol. The molecule has 25 heavy (non-hydrogen) atoms. The Balaban J connectivity index is 2.14. The molecule has 7 heteroatoms. The van der Waals surface area contributed by atoms with Gasteiger partial charge in [0.25, 0.3) is 5.91 Å². The molecule has 0 bridgehead atoms. The van der Waals surface area contributed by atoms with E-state index in [1.165, 1.54) is 0 Å². The zero-order valence-corrected chi connectivity index (χ0v) is 15.5. The number of halogens is 1. The molecule has 134 valence electrons. The quantitative estimate of drug-likeness (QED) is 0.764. The Bertz CT molecular complexity index is 701. The van der Waals surface area contributed by atoms with E-state index < -0.39 is 0 Å². The van der Waals surface area contributed by atoms with Gasteiger partial charge in [-0.25, -0.2) is 0 Å². The number of amides is 1. The fourth-order valence-corrected chi connectivity index (χ4v) is 2.62. The molecule has 0 unspecified atom stereocenters. The third-order valence-electron chi connectivity index (χ3n) is 3.58. The number of rotatable bonds is 8. The number of hydrogen-bond acceptors (Lipinski definition) is 5. The maximum Gasteiger partial charge on any atom is 0.274 e. The largest absolute Gasteiger partial charge is 0.495 e. The molecule has 1 aromatic heterocycles. The van der Waals surface area contributed by atoms with Gasteiger partial charge in [-0.2, -0.15) is 0 Å². The molecule has 1 aromatic carbocycles. The van der Waals surface area contributed by atoms with E-state index in [1.54, 1.807) is 42.3 Å². The van der Waals surface area contributed by atoms with E-state index in [0.717, 1.165) is 12.8 Å². The number of carbonyl (C=O) groups is 1. The topological polar surface area (TPSA) is 67.4 Å². The van der Waals surface area contributed by atoms with Gasteiger partial charge in [-0.1, -0.05) is 25.4 Å². The van der Waals surface area contributed by atoms with Crippen LogP contribution in [0.25, 0.3) is 0 Å². The summed E-state index contributed by atoms with van der Waals surface area (Å²) >= 11 is 6.02. The minimum atomic E-state index is -0.0944. The van der Waals surface area contributed by atoms with Crippen LogP contribution in [0, 0.1) is 0 Å². The minimum absolute atomic E-state index is 0.0944. The highest BCUT2D eigenvalue weighted by molar-refractivity contribution is 6.31. The van der Waals surface area contributed by atoms with Crippen LogP contribution in [0.5, 0.6) is 5.75 Å². The van der Waals surface area contributed by atoms with E-state index in [-0.39, 0.29) is 5.91 Å². The van der Waals surface area contributed by atoms with E-state index in [0.29, 0.717) is 41.1 Å². The standard InChI is InChI=1S/C18H23ClN4O2/c1-4-10-23(11-5-2)18(24)14-7-9-17(22-21-14)20-15-12-13(19)6-8-16(15)25-3/h6-9,12H,4-5,10-11H2,1-3H3,(H,20,22). The van der Waals surface area contributed by atoms with Gasteiger partial charge in [0.15, 0.2) is 11.5 Å². The molecule has 2 aromatic rings. The molecule has 0 aliphatic carbocycles. The Hall–Kier alpha value is -2.34. The third kappa shape index (κ3) is 5.06. The summed E-state index contributed by atoms with van der Waals surface area (Å²) in [6.07, 6.45) is 1.82. The van der Waals surface area contributed by atoms with E-state index in [2.05, 4.69) is 15.5 Å². The highest BCUT2D eigenvalue weighted by Gasteiger charge is 2.16. The molecule has 0 atom stereocenters. The Labute approximate surface area is 153 Å². The first-order chi connectivity index (χ1) is 12.1. The number of ether oxygens (including phenoxy) is 1. The average Bonchev–Trinajstić information content (AvgIpc) is 2.62. The van der Waals surface area contributed by atoms with Crippen LogP contribution in [0.2, 0.25) is 5.02 Å². The molecule has 0 spiro atoms. The Morgan fingerprint density at radius 2 is 1.88 bits per heavy atom. The van der Waals surface area contributed by atoms with Crippen LogP contribution < -0.4 is 10.1 Å². The first-order valence-corrected chi connectivity index (χ1v) is 8.70. The smallest absolute Gasteiger partial charge is 0.274 e. The van der Waals surface area contributed by atoms with Crippen molar-refractivity contribution in [1.29, 1.82) is 0 Å². The Kier molecular flexibility index (Phi) is 7.01. The number of carbonyl (C=O) groups excluding carboxylic acids is 1. The van der Waals surface area contributed by atoms with Crippen molar-refractivity contribution < 1.29 is 9.53 Å². The van der Waals surface area contributed by atoms with Gasteiger partial charge < -0.3 is 15.0 Å². The van der Waals surface area contributed by atoms with E-state index >= 15 is 0 Å². The molecule has 6 nitrogen and oxygen atoms in total. The second kappa shape index (κ2) is 9.22. The maximum atomic E-state index is 12.5. The normalized spacial score (nSPS) is 10.4. The molecule has 0 saturated carbocycles. The highest BCUT2D eigenvalue weighted by Crippen LogP contribution is 2.29. The fourth-order valence-electron chi connectivity index (χ4n) is 2.45. The Morgan fingerprint density at radius 3 is 2.44 bits per heavy atom. The monoisotopic (exact) mass is 362 g/mol. The van der Waals surface area contributed by atoms with E-state index in [4.69, 9.17) is 16.3 Å².